The van der Waals surface area contributed by atoms with Crippen LogP contribution in [0.2, 0.25) is 0 Å². The van der Waals surface area contributed by atoms with Crippen molar-refractivity contribution in [3.63, 3.8) is 0 Å². The predicted molar refractivity (Wildman–Crippen MR) is 74.3 cm³/mol. The molecule has 7 nitrogen and oxygen atoms in total. The van der Waals surface area contributed by atoms with Gasteiger partial charge in [-0.15, -0.1) is 11.3 Å². The number of rotatable bonds is 8. The van der Waals surface area contributed by atoms with Gasteiger partial charge in [0.05, 0.1) is 19.2 Å². The van der Waals surface area contributed by atoms with Crippen LogP contribution in [0.1, 0.15) is 24.3 Å². The molecule has 1 aromatic rings. The fourth-order valence-corrected chi connectivity index (χ4v) is 3.48. The smallest absolute Gasteiger partial charge is 0.358 e. The molecule has 0 aliphatic rings. The average Bonchev–Trinajstić information content (AvgIpc) is 2.87. The molecule has 0 amide bonds. The summed E-state index contributed by atoms with van der Waals surface area (Å²) in [6.45, 7) is 4.97. The summed E-state index contributed by atoms with van der Waals surface area (Å²) in [6.07, 6.45) is 0. The number of nitrogens with one attached hydrogen (secondary N) is 1. The normalized spacial score (nSPS) is 11.8. The number of methoxy groups -OCH3 is 1. The summed E-state index contributed by atoms with van der Waals surface area (Å²) >= 11 is 0.866. The van der Waals surface area contributed by atoms with Crippen molar-refractivity contribution in [1.29, 1.82) is 0 Å². The monoisotopic (exact) mass is 322 g/mol. The number of aromatic nitrogens is 1. The Kier molecular flexibility index (Phi) is 6.53. The van der Waals surface area contributed by atoms with Crippen LogP contribution in [-0.4, -0.2) is 46.2 Å². The molecule has 0 spiro atoms. The van der Waals surface area contributed by atoms with Crippen molar-refractivity contribution in [2.45, 2.75) is 18.1 Å². The van der Waals surface area contributed by atoms with Gasteiger partial charge in [0.15, 0.2) is 9.90 Å². The molecule has 20 heavy (non-hydrogen) atoms. The van der Waals surface area contributed by atoms with Gasteiger partial charge in [-0.3, -0.25) is 0 Å². The van der Waals surface area contributed by atoms with E-state index >= 15 is 0 Å². The number of sulfonamides is 1. The number of ether oxygens (including phenoxy) is 2. The van der Waals surface area contributed by atoms with E-state index in [0.717, 1.165) is 11.3 Å². The van der Waals surface area contributed by atoms with Gasteiger partial charge >= 0.3 is 5.97 Å². The van der Waals surface area contributed by atoms with E-state index in [4.69, 9.17) is 4.74 Å². The molecule has 0 fully saturated rings. The zero-order valence-electron chi connectivity index (χ0n) is 11.6. The van der Waals surface area contributed by atoms with Gasteiger partial charge in [0.1, 0.15) is 0 Å². The molecule has 0 atom stereocenters. The Morgan fingerprint density at radius 2 is 2.20 bits per heavy atom. The predicted octanol–water partition coefficient (Wildman–Crippen LogP) is 0.881. The minimum atomic E-state index is -3.78. The Labute approximate surface area is 122 Å². The highest BCUT2D eigenvalue weighted by Gasteiger charge is 2.26. The number of hydrogen-bond donors (Lipinski definition) is 1. The zero-order chi connectivity index (χ0) is 15.2. The van der Waals surface area contributed by atoms with Gasteiger partial charge in [0.2, 0.25) is 0 Å². The molecule has 9 heteroatoms. The largest absolute Gasteiger partial charge is 0.464 e. The van der Waals surface area contributed by atoms with E-state index in [1.54, 1.807) is 0 Å². The minimum Gasteiger partial charge on any atom is -0.464 e. The molecule has 0 saturated carbocycles. The average molecular weight is 322 g/mol. The van der Waals surface area contributed by atoms with Crippen LogP contribution in [-0.2, 0) is 19.5 Å². The lowest BCUT2D eigenvalue weighted by Crippen LogP contribution is -2.28. The second-order valence-electron chi connectivity index (χ2n) is 4.35. The molecule has 0 aromatic carbocycles. The summed E-state index contributed by atoms with van der Waals surface area (Å²) in [6, 6.07) is 0. The van der Waals surface area contributed by atoms with Gasteiger partial charge in [-0.05, 0) is 5.92 Å². The molecule has 0 radical (unpaired) electrons. The highest BCUT2D eigenvalue weighted by molar-refractivity contribution is 7.91. The fraction of sp³-hybridized carbons (Fsp3) is 0.636. The summed E-state index contributed by atoms with van der Waals surface area (Å²) in [4.78, 5) is 15.1. The van der Waals surface area contributed by atoms with Crippen molar-refractivity contribution in [3.8, 4) is 0 Å². The first-order valence-electron chi connectivity index (χ1n) is 5.97. The summed E-state index contributed by atoms with van der Waals surface area (Å²) in [5.41, 5.74) is 1.09. The summed E-state index contributed by atoms with van der Waals surface area (Å²) < 4.78 is 36.0. The van der Waals surface area contributed by atoms with Gasteiger partial charge in [-0.1, -0.05) is 13.8 Å². The van der Waals surface area contributed by atoms with E-state index in [9.17, 15) is 13.2 Å². The Bertz CT molecular complexity index is 539. The van der Waals surface area contributed by atoms with E-state index < -0.39 is 16.0 Å². The van der Waals surface area contributed by atoms with Crippen LogP contribution in [0.25, 0.3) is 0 Å². The lowest BCUT2D eigenvalue weighted by Gasteiger charge is -2.08. The van der Waals surface area contributed by atoms with Crippen molar-refractivity contribution >= 4 is 27.3 Å². The maximum atomic E-state index is 12.0. The molecular formula is C11H18N2O5S2. The third-order valence-corrected chi connectivity index (χ3v) is 4.98. The lowest BCUT2D eigenvalue weighted by atomic mass is 10.2. The number of hydrogen-bond acceptors (Lipinski definition) is 7. The van der Waals surface area contributed by atoms with Crippen LogP contribution in [0.4, 0.5) is 0 Å². The van der Waals surface area contributed by atoms with E-state index in [2.05, 4.69) is 14.4 Å². The molecule has 0 saturated heterocycles. The first kappa shape index (κ1) is 17.0. The molecule has 1 rings (SSSR count). The molecule has 0 bridgehead atoms. The SMILES string of the molecule is COC(=O)c1ncsc1S(=O)(=O)NCCOCC(C)C. The minimum absolute atomic E-state index is 0.133. The van der Waals surface area contributed by atoms with Crippen LogP contribution in [0.3, 0.4) is 0 Å². The first-order valence-corrected chi connectivity index (χ1v) is 8.34. The van der Waals surface area contributed by atoms with E-state index in [1.165, 1.54) is 12.6 Å². The second-order valence-corrected chi connectivity index (χ2v) is 7.16. The molecule has 0 unspecified atom stereocenters. The topological polar surface area (TPSA) is 94.6 Å². The number of carbonyl (C=O) groups excluding carboxylic acids is 1. The molecule has 114 valence electrons. The van der Waals surface area contributed by atoms with Crippen molar-refractivity contribution < 1.29 is 22.7 Å². The van der Waals surface area contributed by atoms with E-state index in [1.807, 2.05) is 13.8 Å². The number of esters is 1. The maximum Gasteiger partial charge on any atom is 0.358 e. The Morgan fingerprint density at radius 3 is 2.80 bits per heavy atom. The maximum absolute atomic E-state index is 12.0. The van der Waals surface area contributed by atoms with Gasteiger partial charge in [-0.25, -0.2) is 22.9 Å². The van der Waals surface area contributed by atoms with Crippen molar-refractivity contribution in [3.05, 3.63) is 11.2 Å². The van der Waals surface area contributed by atoms with E-state index in [-0.39, 0.29) is 23.1 Å². The van der Waals surface area contributed by atoms with Crippen LogP contribution >= 0.6 is 11.3 Å². The van der Waals surface area contributed by atoms with Crippen molar-refractivity contribution in [2.24, 2.45) is 5.92 Å². The summed E-state index contributed by atoms with van der Waals surface area (Å²) in [5.74, 6) is -0.387. The third kappa shape index (κ3) is 4.82. The zero-order valence-corrected chi connectivity index (χ0v) is 13.2. The molecule has 1 heterocycles. The summed E-state index contributed by atoms with van der Waals surface area (Å²) in [5, 5.41) is 0. The van der Waals surface area contributed by atoms with Gasteiger partial charge in [0.25, 0.3) is 10.0 Å². The van der Waals surface area contributed by atoms with Crippen molar-refractivity contribution in [2.75, 3.05) is 26.9 Å². The van der Waals surface area contributed by atoms with E-state index in [0.29, 0.717) is 12.5 Å². The standard InChI is InChI=1S/C11H18N2O5S2/c1-8(2)6-18-5-4-13-20(15,16)11-9(10(14)17-3)12-7-19-11/h7-8,13H,4-6H2,1-3H3. The highest BCUT2D eigenvalue weighted by atomic mass is 32.2. The van der Waals surface area contributed by atoms with Gasteiger partial charge < -0.3 is 9.47 Å². The van der Waals surface area contributed by atoms with Gasteiger partial charge in [-0.2, -0.15) is 0 Å². The van der Waals surface area contributed by atoms with Crippen molar-refractivity contribution in [1.82, 2.24) is 9.71 Å². The number of carbonyl (C=O) groups is 1. The lowest BCUT2D eigenvalue weighted by molar-refractivity contribution is 0.0590. The second kappa shape index (κ2) is 7.67. The Morgan fingerprint density at radius 1 is 1.50 bits per heavy atom. The number of thiazole rings is 1. The highest BCUT2D eigenvalue weighted by Crippen LogP contribution is 2.20. The van der Waals surface area contributed by atoms with Crippen LogP contribution < -0.4 is 4.72 Å². The molecule has 0 aliphatic heterocycles. The van der Waals surface area contributed by atoms with Crippen LogP contribution in [0, 0.1) is 5.92 Å². The Balaban J connectivity index is 2.61. The molecule has 0 aliphatic carbocycles. The quantitative estimate of drug-likeness (QED) is 0.564. The molecular weight excluding hydrogens is 304 g/mol. The van der Waals surface area contributed by atoms with Crippen LogP contribution in [0.5, 0.6) is 0 Å². The molecule has 1 aromatic heterocycles. The van der Waals surface area contributed by atoms with Gasteiger partial charge in [0, 0.05) is 13.2 Å². The molecule has 1 N–H and O–H groups in total. The van der Waals surface area contributed by atoms with Crippen LogP contribution in [0.15, 0.2) is 9.72 Å². The number of nitrogens with zero attached hydrogens (tertiary/aromatic N) is 1. The third-order valence-electron chi connectivity index (χ3n) is 2.15. The summed E-state index contributed by atoms with van der Waals surface area (Å²) in [7, 11) is -2.61. The fourth-order valence-electron chi connectivity index (χ4n) is 1.29. The Hall–Kier alpha value is -1.03. The first-order chi connectivity index (χ1) is 9.38.